The average molecular weight is 402 g/mol. The molecule has 9 heteroatoms. The summed E-state index contributed by atoms with van der Waals surface area (Å²) >= 11 is 4.70. The van der Waals surface area contributed by atoms with E-state index in [9.17, 15) is 0 Å². The largest absolute Gasteiger partial charge is 0.497 e. The van der Waals surface area contributed by atoms with Crippen molar-refractivity contribution in [1.82, 2.24) is 20.2 Å². The molecule has 3 aromatic heterocycles. The molecule has 0 aliphatic carbocycles. The van der Waals surface area contributed by atoms with Crippen molar-refractivity contribution >= 4 is 55.5 Å². The summed E-state index contributed by atoms with van der Waals surface area (Å²) in [5.41, 5.74) is 2.14. The minimum absolute atomic E-state index is 0.726. The molecule has 0 fully saturated rings. The number of benzene rings is 1. The van der Waals surface area contributed by atoms with Crippen LogP contribution in [0.5, 0.6) is 5.75 Å². The fraction of sp³-hybridized carbons (Fsp3) is 0.176. The molecule has 0 saturated carbocycles. The molecule has 0 spiro atoms. The maximum atomic E-state index is 5.24. The molecule has 26 heavy (non-hydrogen) atoms. The maximum absolute atomic E-state index is 5.24. The number of fused-ring (bicyclic) bond motifs is 1. The van der Waals surface area contributed by atoms with Crippen LogP contribution in [0.1, 0.15) is 10.4 Å². The highest BCUT2D eigenvalue weighted by molar-refractivity contribution is 8.01. The Balaban J connectivity index is 1.57. The lowest BCUT2D eigenvalue weighted by Crippen LogP contribution is -1.90. The second-order valence-corrected chi connectivity index (χ2v) is 8.89. The minimum atomic E-state index is 0.726. The van der Waals surface area contributed by atoms with Crippen molar-refractivity contribution in [2.45, 2.75) is 23.2 Å². The van der Waals surface area contributed by atoms with Crippen LogP contribution in [0.15, 0.2) is 40.0 Å². The van der Waals surface area contributed by atoms with Crippen LogP contribution in [-0.4, -0.2) is 27.3 Å². The number of nitrogens with zero attached hydrogens (tertiary/aromatic N) is 4. The first-order valence-corrected chi connectivity index (χ1v) is 10.2. The van der Waals surface area contributed by atoms with Crippen molar-refractivity contribution in [3.05, 3.63) is 41.0 Å². The van der Waals surface area contributed by atoms with Crippen LogP contribution < -0.4 is 10.1 Å². The summed E-state index contributed by atoms with van der Waals surface area (Å²) in [6, 6.07) is 7.71. The molecule has 0 atom stereocenters. The fourth-order valence-electron chi connectivity index (χ4n) is 2.44. The Morgan fingerprint density at radius 3 is 2.85 bits per heavy atom. The van der Waals surface area contributed by atoms with Gasteiger partial charge in [0, 0.05) is 22.0 Å². The van der Waals surface area contributed by atoms with Gasteiger partial charge in [-0.1, -0.05) is 17.4 Å². The smallest absolute Gasteiger partial charge is 0.210 e. The Kier molecular flexibility index (Phi) is 4.75. The molecular weight excluding hydrogens is 386 g/mol. The van der Waals surface area contributed by atoms with Crippen LogP contribution >= 0.6 is 34.4 Å². The van der Waals surface area contributed by atoms with Gasteiger partial charge < -0.3 is 10.1 Å². The highest BCUT2D eigenvalue weighted by atomic mass is 32.2. The van der Waals surface area contributed by atoms with Gasteiger partial charge in [-0.25, -0.2) is 9.97 Å². The average Bonchev–Trinajstić information content (AvgIpc) is 3.20. The number of hydrogen-bond acceptors (Lipinski definition) is 9. The van der Waals surface area contributed by atoms with E-state index in [0.29, 0.717) is 0 Å². The van der Waals surface area contributed by atoms with Gasteiger partial charge >= 0.3 is 0 Å². The minimum Gasteiger partial charge on any atom is -0.497 e. The Hall–Kier alpha value is -2.23. The number of aromatic nitrogens is 4. The molecular formula is C17H15N5OS3. The molecule has 1 aromatic carbocycles. The number of aryl methyl sites for hydroxylation is 2. The van der Waals surface area contributed by atoms with Gasteiger partial charge in [-0.2, -0.15) is 0 Å². The van der Waals surface area contributed by atoms with Crippen molar-refractivity contribution in [1.29, 1.82) is 0 Å². The number of ether oxygens (including phenoxy) is 1. The molecule has 0 unspecified atom stereocenters. The van der Waals surface area contributed by atoms with Crippen molar-refractivity contribution in [3.63, 3.8) is 0 Å². The van der Waals surface area contributed by atoms with Gasteiger partial charge in [-0.05, 0) is 43.3 Å². The monoisotopic (exact) mass is 401 g/mol. The van der Waals surface area contributed by atoms with E-state index >= 15 is 0 Å². The number of anilines is 2. The summed E-state index contributed by atoms with van der Waals surface area (Å²) in [4.78, 5) is 11.1. The quantitative estimate of drug-likeness (QED) is 0.468. The first-order chi connectivity index (χ1) is 12.6. The van der Waals surface area contributed by atoms with Gasteiger partial charge in [0.15, 0.2) is 4.34 Å². The zero-order chi connectivity index (χ0) is 18.1. The zero-order valence-corrected chi connectivity index (χ0v) is 16.8. The first-order valence-electron chi connectivity index (χ1n) is 7.77. The number of hydrogen-bond donors (Lipinski definition) is 1. The second kappa shape index (κ2) is 7.18. The van der Waals surface area contributed by atoms with Crippen molar-refractivity contribution in [2.75, 3.05) is 12.4 Å². The van der Waals surface area contributed by atoms with E-state index in [1.165, 1.54) is 33.5 Å². The number of nitrogens with one attached hydrogen (secondary N) is 1. The Labute approximate surface area is 162 Å². The van der Waals surface area contributed by atoms with E-state index in [-0.39, 0.29) is 0 Å². The molecule has 0 amide bonds. The SMILES string of the molecule is COc1cccc(Nc2nnc(Sc3ncnc4sc(C)c(C)c34)s2)c1. The standard InChI is InChI=1S/C17H15N5OS3/c1-9-10(2)24-14-13(9)15(19-8-18-14)25-17-22-21-16(26-17)20-11-5-4-6-12(7-11)23-3/h4-8H,1-3H3,(H,20,21). The third kappa shape index (κ3) is 3.37. The first kappa shape index (κ1) is 17.2. The molecule has 0 aliphatic heterocycles. The predicted octanol–water partition coefficient (Wildman–Crippen LogP) is 5.06. The van der Waals surface area contributed by atoms with Crippen LogP contribution in [0, 0.1) is 13.8 Å². The van der Waals surface area contributed by atoms with E-state index in [4.69, 9.17) is 4.74 Å². The molecule has 132 valence electrons. The summed E-state index contributed by atoms with van der Waals surface area (Å²) in [5.74, 6) is 0.792. The normalized spacial score (nSPS) is 11.0. The summed E-state index contributed by atoms with van der Waals surface area (Å²) in [7, 11) is 1.65. The molecule has 0 radical (unpaired) electrons. The summed E-state index contributed by atoms with van der Waals surface area (Å²) in [6.45, 7) is 4.22. The predicted molar refractivity (Wildman–Crippen MR) is 107 cm³/mol. The highest BCUT2D eigenvalue weighted by Gasteiger charge is 2.15. The van der Waals surface area contributed by atoms with Gasteiger partial charge in [0.2, 0.25) is 5.13 Å². The Bertz CT molecular complexity index is 1080. The lowest BCUT2D eigenvalue weighted by molar-refractivity contribution is 0.415. The summed E-state index contributed by atoms with van der Waals surface area (Å²) in [5, 5.41) is 14.5. The summed E-state index contributed by atoms with van der Waals surface area (Å²) < 4.78 is 6.07. The van der Waals surface area contributed by atoms with E-state index in [0.717, 1.165) is 36.2 Å². The third-order valence-corrected chi connectivity index (χ3v) is 6.85. The van der Waals surface area contributed by atoms with Crippen molar-refractivity contribution in [3.8, 4) is 5.75 Å². The van der Waals surface area contributed by atoms with E-state index in [1.807, 2.05) is 24.3 Å². The molecule has 4 aromatic rings. The third-order valence-electron chi connectivity index (χ3n) is 3.84. The number of methoxy groups -OCH3 is 1. The Morgan fingerprint density at radius 1 is 1.12 bits per heavy atom. The van der Waals surface area contributed by atoms with Gasteiger partial charge in [0.1, 0.15) is 21.9 Å². The summed E-state index contributed by atoms with van der Waals surface area (Å²) in [6.07, 6.45) is 1.61. The lowest BCUT2D eigenvalue weighted by Gasteiger charge is -2.04. The van der Waals surface area contributed by atoms with Crippen LogP contribution in [0.3, 0.4) is 0 Å². The molecule has 0 saturated heterocycles. The van der Waals surface area contributed by atoms with Crippen LogP contribution in [0.2, 0.25) is 0 Å². The zero-order valence-electron chi connectivity index (χ0n) is 14.3. The molecule has 6 nitrogen and oxygen atoms in total. The lowest BCUT2D eigenvalue weighted by atomic mass is 10.2. The number of thiophene rings is 1. The van der Waals surface area contributed by atoms with E-state index in [1.54, 1.807) is 24.8 Å². The Morgan fingerprint density at radius 2 is 2.00 bits per heavy atom. The highest BCUT2D eigenvalue weighted by Crippen LogP contribution is 2.39. The van der Waals surface area contributed by atoms with Crippen LogP contribution in [0.4, 0.5) is 10.8 Å². The van der Waals surface area contributed by atoms with Crippen molar-refractivity contribution in [2.24, 2.45) is 0 Å². The van der Waals surface area contributed by atoms with Crippen molar-refractivity contribution < 1.29 is 4.74 Å². The fourth-order valence-corrected chi connectivity index (χ4v) is 5.33. The van der Waals surface area contributed by atoms with Gasteiger partial charge in [-0.15, -0.1) is 21.5 Å². The van der Waals surface area contributed by atoms with E-state index in [2.05, 4.69) is 39.3 Å². The maximum Gasteiger partial charge on any atom is 0.210 e. The van der Waals surface area contributed by atoms with E-state index < -0.39 is 0 Å². The van der Waals surface area contributed by atoms with Crippen LogP contribution in [0.25, 0.3) is 10.2 Å². The van der Waals surface area contributed by atoms with Crippen LogP contribution in [-0.2, 0) is 0 Å². The number of rotatable bonds is 5. The topological polar surface area (TPSA) is 72.8 Å². The molecule has 0 aliphatic rings. The van der Waals surface area contributed by atoms with Gasteiger partial charge in [-0.3, -0.25) is 0 Å². The molecule has 4 rings (SSSR count). The molecule has 3 heterocycles. The molecule has 0 bridgehead atoms. The second-order valence-electron chi connectivity index (χ2n) is 5.47. The van der Waals surface area contributed by atoms with Gasteiger partial charge in [0.05, 0.1) is 7.11 Å². The molecule has 1 N–H and O–H groups in total. The van der Waals surface area contributed by atoms with Gasteiger partial charge in [0.25, 0.3) is 0 Å².